The van der Waals surface area contributed by atoms with Crippen LogP contribution in [-0.2, 0) is 6.54 Å². The van der Waals surface area contributed by atoms with Crippen molar-refractivity contribution in [2.24, 2.45) is 0 Å². The van der Waals surface area contributed by atoms with E-state index in [4.69, 9.17) is 8.83 Å². The fraction of sp³-hybridized carbons (Fsp3) is 0.179. The van der Waals surface area contributed by atoms with Gasteiger partial charge in [0.15, 0.2) is 0 Å². The van der Waals surface area contributed by atoms with Crippen molar-refractivity contribution in [1.29, 1.82) is 0 Å². The van der Waals surface area contributed by atoms with Crippen LogP contribution in [0.3, 0.4) is 0 Å². The molecule has 1 aliphatic heterocycles. The molecule has 0 radical (unpaired) electrons. The van der Waals surface area contributed by atoms with Gasteiger partial charge in [0.05, 0.1) is 11.1 Å². The first-order chi connectivity index (χ1) is 17.6. The number of phenolic OH excluding ortho intramolecular Hbond substituents is 1. The Kier molecular flexibility index (Phi) is 5.50. The minimum absolute atomic E-state index is 0.0421. The maximum absolute atomic E-state index is 12.8. The Morgan fingerprint density at radius 2 is 1.67 bits per heavy atom. The highest BCUT2D eigenvalue weighted by Gasteiger charge is 2.22. The van der Waals surface area contributed by atoms with Crippen molar-refractivity contribution in [3.63, 3.8) is 0 Å². The summed E-state index contributed by atoms with van der Waals surface area (Å²) in [6.45, 7) is 3.48. The maximum Gasteiger partial charge on any atom is 0.344 e. The molecule has 8 nitrogen and oxygen atoms in total. The van der Waals surface area contributed by atoms with E-state index < -0.39 is 11.3 Å². The second-order valence-corrected chi connectivity index (χ2v) is 8.86. The Bertz CT molecular complexity index is 1690. The lowest BCUT2D eigenvalue weighted by molar-refractivity contribution is 0.246. The van der Waals surface area contributed by atoms with Crippen molar-refractivity contribution in [2.75, 3.05) is 31.1 Å². The van der Waals surface area contributed by atoms with E-state index in [-0.39, 0.29) is 16.9 Å². The number of piperazine rings is 1. The number of fused-ring (bicyclic) bond motifs is 2. The van der Waals surface area contributed by atoms with E-state index in [0.717, 1.165) is 37.4 Å². The number of benzene rings is 2. The molecule has 180 valence electrons. The normalized spacial score (nSPS) is 14.5. The van der Waals surface area contributed by atoms with Crippen LogP contribution in [0.25, 0.3) is 33.1 Å². The summed E-state index contributed by atoms with van der Waals surface area (Å²) in [7, 11) is 0. The van der Waals surface area contributed by atoms with Crippen LogP contribution in [-0.4, -0.2) is 41.2 Å². The zero-order valence-electron chi connectivity index (χ0n) is 19.4. The Labute approximate surface area is 205 Å². The number of aromatic nitrogens is 1. The number of hydrogen-bond acceptors (Lipinski definition) is 8. The van der Waals surface area contributed by atoms with Crippen LogP contribution in [0, 0.1) is 0 Å². The summed E-state index contributed by atoms with van der Waals surface area (Å²) < 4.78 is 11.1. The van der Waals surface area contributed by atoms with Crippen molar-refractivity contribution >= 4 is 27.8 Å². The summed E-state index contributed by atoms with van der Waals surface area (Å²) in [6, 6.07) is 19.3. The number of hydrogen-bond donors (Lipinski definition) is 1. The van der Waals surface area contributed by atoms with Gasteiger partial charge >= 0.3 is 11.3 Å². The van der Waals surface area contributed by atoms with Crippen molar-refractivity contribution in [3.05, 3.63) is 99.3 Å². The molecule has 2 aromatic carbocycles. The molecule has 0 unspecified atom stereocenters. The van der Waals surface area contributed by atoms with Gasteiger partial charge in [0.1, 0.15) is 22.7 Å². The van der Waals surface area contributed by atoms with Gasteiger partial charge in [-0.2, -0.15) is 0 Å². The third kappa shape index (κ3) is 4.01. The van der Waals surface area contributed by atoms with Gasteiger partial charge in [0, 0.05) is 61.3 Å². The SMILES string of the molecule is O=c1cc(-c2cc3ccccc3oc2=O)c2ccc(O)c(CN3CCN(c4ccccn4)CC3)c2o1. The lowest BCUT2D eigenvalue weighted by atomic mass is 9.99. The summed E-state index contributed by atoms with van der Waals surface area (Å²) in [5, 5.41) is 12.0. The van der Waals surface area contributed by atoms with E-state index in [2.05, 4.69) is 14.8 Å². The Balaban J connectivity index is 1.37. The largest absolute Gasteiger partial charge is 0.507 e. The molecule has 4 heterocycles. The predicted octanol–water partition coefficient (Wildman–Crippen LogP) is 3.99. The van der Waals surface area contributed by atoms with Gasteiger partial charge in [-0.25, -0.2) is 14.6 Å². The second-order valence-electron chi connectivity index (χ2n) is 8.86. The molecule has 8 heteroatoms. The number of phenols is 1. The van der Waals surface area contributed by atoms with E-state index in [0.29, 0.717) is 28.6 Å². The summed E-state index contributed by atoms with van der Waals surface area (Å²) in [6.07, 6.45) is 1.78. The second kappa shape index (κ2) is 8.98. The molecule has 1 N–H and O–H groups in total. The van der Waals surface area contributed by atoms with Crippen LogP contribution in [0.1, 0.15) is 5.56 Å². The Morgan fingerprint density at radius 1 is 0.861 bits per heavy atom. The molecule has 0 bridgehead atoms. The molecule has 0 atom stereocenters. The molecule has 36 heavy (non-hydrogen) atoms. The van der Waals surface area contributed by atoms with Gasteiger partial charge in [-0.05, 0) is 36.4 Å². The maximum atomic E-state index is 12.8. The zero-order valence-corrected chi connectivity index (χ0v) is 19.4. The molecule has 0 amide bonds. The molecule has 6 rings (SSSR count). The molecule has 5 aromatic rings. The third-order valence-electron chi connectivity index (χ3n) is 6.65. The van der Waals surface area contributed by atoms with E-state index in [1.165, 1.54) is 6.07 Å². The van der Waals surface area contributed by atoms with Crippen LogP contribution in [0.5, 0.6) is 5.75 Å². The predicted molar refractivity (Wildman–Crippen MR) is 137 cm³/mol. The lowest BCUT2D eigenvalue weighted by Gasteiger charge is -2.35. The van der Waals surface area contributed by atoms with Crippen molar-refractivity contribution in [3.8, 4) is 16.9 Å². The molecule has 0 saturated carbocycles. The zero-order chi connectivity index (χ0) is 24.6. The highest BCUT2D eigenvalue weighted by Crippen LogP contribution is 2.34. The fourth-order valence-electron chi connectivity index (χ4n) is 4.80. The third-order valence-corrected chi connectivity index (χ3v) is 6.65. The highest BCUT2D eigenvalue weighted by atomic mass is 16.4. The van der Waals surface area contributed by atoms with Crippen molar-refractivity contribution in [2.45, 2.75) is 6.54 Å². The fourth-order valence-corrected chi connectivity index (χ4v) is 4.80. The Morgan fingerprint density at radius 3 is 2.47 bits per heavy atom. The first-order valence-corrected chi connectivity index (χ1v) is 11.8. The molecule has 1 fully saturated rings. The molecule has 3 aromatic heterocycles. The van der Waals surface area contributed by atoms with Crippen molar-refractivity contribution < 1.29 is 13.9 Å². The topological polar surface area (TPSA) is 100 Å². The number of anilines is 1. The standard InChI is InChI=1S/C28H23N3O5/c32-23-9-8-19-20(21-15-18-5-1-2-6-24(18)35-28(21)34)16-26(33)36-27(19)22(23)17-30-11-13-31(14-12-30)25-7-3-4-10-29-25/h1-10,15-16,32H,11-14,17H2. The van der Waals surface area contributed by atoms with Gasteiger partial charge in [-0.1, -0.05) is 24.3 Å². The first-order valence-electron chi connectivity index (χ1n) is 11.8. The lowest BCUT2D eigenvalue weighted by Crippen LogP contribution is -2.46. The van der Waals surface area contributed by atoms with Crippen LogP contribution < -0.4 is 16.2 Å². The van der Waals surface area contributed by atoms with E-state index >= 15 is 0 Å². The van der Waals surface area contributed by atoms with Crippen molar-refractivity contribution in [1.82, 2.24) is 9.88 Å². The first kappa shape index (κ1) is 22.1. The summed E-state index contributed by atoms with van der Waals surface area (Å²) in [4.78, 5) is 34.3. The smallest absolute Gasteiger partial charge is 0.344 e. The van der Waals surface area contributed by atoms with E-state index in [1.807, 2.05) is 30.3 Å². The van der Waals surface area contributed by atoms with Crippen LogP contribution in [0.2, 0.25) is 0 Å². The van der Waals surface area contributed by atoms with E-state index in [1.54, 1.807) is 36.5 Å². The summed E-state index contributed by atoms with van der Waals surface area (Å²) in [5.74, 6) is 0.982. The number of para-hydroxylation sites is 1. The molecule has 0 aliphatic carbocycles. The highest BCUT2D eigenvalue weighted by molar-refractivity contribution is 5.97. The number of pyridine rings is 1. The van der Waals surface area contributed by atoms with Gasteiger partial charge in [-0.15, -0.1) is 0 Å². The molecule has 1 aliphatic rings. The monoisotopic (exact) mass is 481 g/mol. The quantitative estimate of drug-likeness (QED) is 0.385. The molecule has 1 saturated heterocycles. The van der Waals surface area contributed by atoms with Crippen LogP contribution >= 0.6 is 0 Å². The molecular weight excluding hydrogens is 458 g/mol. The number of nitrogens with zero attached hydrogens (tertiary/aromatic N) is 3. The van der Waals surface area contributed by atoms with E-state index in [9.17, 15) is 14.7 Å². The Hall–Kier alpha value is -4.43. The number of rotatable bonds is 4. The molecular formula is C28H23N3O5. The minimum atomic E-state index is -0.600. The summed E-state index contributed by atoms with van der Waals surface area (Å²) >= 11 is 0. The van der Waals surface area contributed by atoms with Gasteiger partial charge in [0.25, 0.3) is 0 Å². The van der Waals surface area contributed by atoms with Gasteiger partial charge < -0.3 is 18.8 Å². The number of aromatic hydroxyl groups is 1. The average Bonchev–Trinajstić information content (AvgIpc) is 2.90. The van der Waals surface area contributed by atoms with Crippen LogP contribution in [0.15, 0.2) is 91.4 Å². The van der Waals surface area contributed by atoms with Gasteiger partial charge in [0.2, 0.25) is 0 Å². The van der Waals surface area contributed by atoms with Crippen LogP contribution in [0.4, 0.5) is 5.82 Å². The van der Waals surface area contributed by atoms with Gasteiger partial charge in [-0.3, -0.25) is 4.90 Å². The average molecular weight is 482 g/mol. The summed E-state index contributed by atoms with van der Waals surface area (Å²) in [5.41, 5.74) is 0.814. The minimum Gasteiger partial charge on any atom is -0.507 e. The molecule has 0 spiro atoms.